The first-order valence-electron chi connectivity index (χ1n) is 7.55. The van der Waals surface area contributed by atoms with Gasteiger partial charge >= 0.3 is 0 Å². The number of rotatable bonds is 3. The minimum Gasteiger partial charge on any atom is -0.389 e. The highest BCUT2D eigenvalue weighted by atomic mass is 32.1. The van der Waals surface area contributed by atoms with Crippen LogP contribution in [-0.4, -0.2) is 15.5 Å². The minimum absolute atomic E-state index is 0.113. The van der Waals surface area contributed by atoms with Crippen molar-refractivity contribution in [1.82, 2.24) is 4.98 Å². The summed E-state index contributed by atoms with van der Waals surface area (Å²) in [6.07, 6.45) is 8.03. The molecule has 1 aromatic heterocycles. The molecule has 1 aliphatic carbocycles. The van der Waals surface area contributed by atoms with Gasteiger partial charge in [-0.05, 0) is 25.8 Å². The lowest BCUT2D eigenvalue weighted by Gasteiger charge is -2.36. The van der Waals surface area contributed by atoms with Crippen LogP contribution in [0.5, 0.6) is 0 Å². The number of nitrogens with one attached hydrogen (secondary N) is 1. The van der Waals surface area contributed by atoms with Crippen LogP contribution in [0.3, 0.4) is 0 Å². The summed E-state index contributed by atoms with van der Waals surface area (Å²) in [5, 5.41) is 4.83. The maximum atomic E-state index is 5.91. The molecule has 110 valence electrons. The number of anilines is 1. The average Bonchev–Trinajstić information content (AvgIpc) is 2.47. The van der Waals surface area contributed by atoms with Crippen molar-refractivity contribution in [2.24, 2.45) is 5.73 Å². The molecule has 0 atom stereocenters. The zero-order chi connectivity index (χ0) is 14.9. The monoisotopic (exact) mass is 299 g/mol. The predicted octanol–water partition coefficient (Wildman–Crippen LogP) is 4.00. The van der Waals surface area contributed by atoms with Crippen molar-refractivity contribution in [3.63, 3.8) is 0 Å². The van der Waals surface area contributed by atoms with Gasteiger partial charge in [0.1, 0.15) is 4.99 Å². The molecule has 0 amide bonds. The van der Waals surface area contributed by atoms with E-state index in [0.717, 1.165) is 22.2 Å². The molecule has 21 heavy (non-hydrogen) atoms. The number of hydrogen-bond acceptors (Lipinski definition) is 3. The summed E-state index contributed by atoms with van der Waals surface area (Å²) in [5.74, 6) is 0. The van der Waals surface area contributed by atoms with Gasteiger partial charge < -0.3 is 11.1 Å². The number of aromatic nitrogens is 1. The molecule has 0 unspecified atom stereocenters. The van der Waals surface area contributed by atoms with Crippen LogP contribution >= 0.6 is 12.2 Å². The zero-order valence-corrected chi connectivity index (χ0v) is 13.2. The van der Waals surface area contributed by atoms with E-state index in [-0.39, 0.29) is 5.54 Å². The number of benzene rings is 1. The molecule has 1 aromatic carbocycles. The van der Waals surface area contributed by atoms with E-state index >= 15 is 0 Å². The van der Waals surface area contributed by atoms with E-state index in [0.29, 0.717) is 4.99 Å². The maximum Gasteiger partial charge on any atom is 0.107 e. The van der Waals surface area contributed by atoms with E-state index in [1.54, 1.807) is 6.20 Å². The van der Waals surface area contributed by atoms with Crippen molar-refractivity contribution >= 4 is 33.8 Å². The summed E-state index contributed by atoms with van der Waals surface area (Å²) in [7, 11) is 0. The van der Waals surface area contributed by atoms with E-state index in [1.165, 1.54) is 32.1 Å². The van der Waals surface area contributed by atoms with Crippen molar-refractivity contribution in [3.05, 3.63) is 36.0 Å². The Morgan fingerprint density at radius 1 is 1.24 bits per heavy atom. The van der Waals surface area contributed by atoms with Gasteiger partial charge in [-0.3, -0.25) is 4.98 Å². The molecule has 1 fully saturated rings. The summed E-state index contributed by atoms with van der Waals surface area (Å²) < 4.78 is 0. The molecular formula is C17H21N3S. The van der Waals surface area contributed by atoms with Crippen LogP contribution in [0.2, 0.25) is 0 Å². The first-order chi connectivity index (χ1) is 10.1. The highest BCUT2D eigenvalue weighted by Crippen LogP contribution is 2.35. The molecular weight excluding hydrogens is 278 g/mol. The van der Waals surface area contributed by atoms with Crippen LogP contribution in [-0.2, 0) is 0 Å². The Hall–Kier alpha value is -1.68. The van der Waals surface area contributed by atoms with E-state index < -0.39 is 0 Å². The molecule has 3 nitrogen and oxygen atoms in total. The molecule has 0 radical (unpaired) electrons. The lowest BCUT2D eigenvalue weighted by atomic mass is 9.83. The molecule has 4 heteroatoms. The number of hydrogen-bond donors (Lipinski definition) is 2. The molecule has 3 N–H and O–H groups in total. The fraction of sp³-hybridized carbons (Fsp3) is 0.412. The first-order valence-corrected chi connectivity index (χ1v) is 7.96. The minimum atomic E-state index is 0.113. The lowest BCUT2D eigenvalue weighted by Crippen LogP contribution is -2.37. The van der Waals surface area contributed by atoms with Crippen molar-refractivity contribution in [2.75, 3.05) is 5.32 Å². The van der Waals surface area contributed by atoms with Crippen LogP contribution in [0, 0.1) is 0 Å². The Morgan fingerprint density at radius 3 is 2.67 bits per heavy atom. The number of nitrogens with two attached hydrogens (primary N) is 1. The second-order valence-corrected chi connectivity index (χ2v) is 6.61. The third-order valence-corrected chi connectivity index (χ3v) is 4.64. The summed E-state index contributed by atoms with van der Waals surface area (Å²) in [4.78, 5) is 4.87. The summed E-state index contributed by atoms with van der Waals surface area (Å²) >= 11 is 5.21. The SMILES string of the molecule is CC1(Nc2c(C(N)=S)cnc3ccccc23)CCCCC1. The van der Waals surface area contributed by atoms with Gasteiger partial charge in [-0.2, -0.15) is 0 Å². The van der Waals surface area contributed by atoms with Crippen molar-refractivity contribution in [1.29, 1.82) is 0 Å². The van der Waals surface area contributed by atoms with Gasteiger partial charge in [0.15, 0.2) is 0 Å². The topological polar surface area (TPSA) is 50.9 Å². The molecule has 1 saturated carbocycles. The smallest absolute Gasteiger partial charge is 0.107 e. The quantitative estimate of drug-likeness (QED) is 0.841. The van der Waals surface area contributed by atoms with Gasteiger partial charge in [-0.1, -0.05) is 49.7 Å². The van der Waals surface area contributed by atoms with Gasteiger partial charge in [0.05, 0.1) is 16.8 Å². The Morgan fingerprint density at radius 2 is 1.95 bits per heavy atom. The summed E-state index contributed by atoms with van der Waals surface area (Å²) in [5.41, 5.74) is 8.87. The number of pyridine rings is 1. The van der Waals surface area contributed by atoms with Gasteiger partial charge in [-0.25, -0.2) is 0 Å². The van der Waals surface area contributed by atoms with Crippen molar-refractivity contribution in [2.45, 2.75) is 44.6 Å². The molecule has 2 aromatic rings. The second kappa shape index (κ2) is 5.60. The van der Waals surface area contributed by atoms with E-state index in [2.05, 4.69) is 23.3 Å². The molecule has 3 rings (SSSR count). The third kappa shape index (κ3) is 2.86. The molecule has 0 saturated heterocycles. The van der Waals surface area contributed by atoms with Gasteiger partial charge in [0, 0.05) is 17.1 Å². The van der Waals surface area contributed by atoms with Crippen LogP contribution in [0.4, 0.5) is 5.69 Å². The summed E-state index contributed by atoms with van der Waals surface area (Å²) in [6.45, 7) is 2.30. The van der Waals surface area contributed by atoms with Gasteiger partial charge in [0.2, 0.25) is 0 Å². The molecule has 0 bridgehead atoms. The van der Waals surface area contributed by atoms with Crippen molar-refractivity contribution < 1.29 is 0 Å². The molecule has 1 heterocycles. The van der Waals surface area contributed by atoms with Crippen LogP contribution < -0.4 is 11.1 Å². The van der Waals surface area contributed by atoms with Gasteiger partial charge in [0.25, 0.3) is 0 Å². The molecule has 0 spiro atoms. The fourth-order valence-corrected chi connectivity index (χ4v) is 3.38. The Labute approximate surface area is 130 Å². The zero-order valence-electron chi connectivity index (χ0n) is 12.4. The Kier molecular flexibility index (Phi) is 3.81. The van der Waals surface area contributed by atoms with E-state index in [1.807, 2.05) is 18.2 Å². The highest BCUT2D eigenvalue weighted by Gasteiger charge is 2.28. The lowest BCUT2D eigenvalue weighted by molar-refractivity contribution is 0.349. The average molecular weight is 299 g/mol. The predicted molar refractivity (Wildman–Crippen MR) is 92.7 cm³/mol. The molecule has 0 aliphatic heterocycles. The third-order valence-electron chi connectivity index (χ3n) is 4.42. The van der Waals surface area contributed by atoms with Crippen LogP contribution in [0.25, 0.3) is 10.9 Å². The maximum absolute atomic E-state index is 5.91. The summed E-state index contributed by atoms with van der Waals surface area (Å²) in [6, 6.07) is 8.13. The molecule has 1 aliphatic rings. The fourth-order valence-electron chi connectivity index (χ4n) is 3.22. The second-order valence-electron chi connectivity index (χ2n) is 6.17. The van der Waals surface area contributed by atoms with Gasteiger partial charge in [-0.15, -0.1) is 0 Å². The highest BCUT2D eigenvalue weighted by molar-refractivity contribution is 7.80. The number of para-hydroxylation sites is 1. The van der Waals surface area contributed by atoms with Crippen LogP contribution in [0.15, 0.2) is 30.5 Å². The largest absolute Gasteiger partial charge is 0.389 e. The normalized spacial score (nSPS) is 17.6. The number of thiocarbonyl (C=S) groups is 1. The first kappa shape index (κ1) is 14.3. The Bertz CT molecular complexity index is 675. The van der Waals surface area contributed by atoms with E-state index in [4.69, 9.17) is 18.0 Å². The Balaban J connectivity index is 2.10. The van der Waals surface area contributed by atoms with Crippen LogP contribution in [0.1, 0.15) is 44.6 Å². The van der Waals surface area contributed by atoms with E-state index in [9.17, 15) is 0 Å². The van der Waals surface area contributed by atoms with Crippen molar-refractivity contribution in [3.8, 4) is 0 Å². The number of fused-ring (bicyclic) bond motifs is 1. The standard InChI is InChI=1S/C17H21N3S/c1-17(9-5-2-6-10-17)20-15-12-7-3-4-8-14(12)19-11-13(15)16(18)21/h3-4,7-8,11H,2,5-6,9-10H2,1H3,(H2,18,21)(H,19,20). The number of nitrogens with zero attached hydrogens (tertiary/aromatic N) is 1.